The molecule has 2 aliphatic heterocycles. The summed E-state index contributed by atoms with van der Waals surface area (Å²) in [6.07, 6.45) is 7.06. The zero-order valence-electron chi connectivity index (χ0n) is 12.0. The number of hydrogen-bond acceptors (Lipinski definition) is 3. The van der Waals surface area contributed by atoms with E-state index in [-0.39, 0.29) is 0 Å². The molecule has 1 N–H and O–H groups in total. The number of nitrogens with zero attached hydrogens (tertiary/aromatic N) is 1. The molecule has 104 valence electrons. The van der Waals surface area contributed by atoms with Crippen molar-refractivity contribution in [2.75, 3.05) is 31.9 Å². The van der Waals surface area contributed by atoms with Crippen molar-refractivity contribution in [3.63, 3.8) is 0 Å². The molecule has 3 aliphatic rings. The van der Waals surface area contributed by atoms with Crippen molar-refractivity contribution in [1.29, 1.82) is 0 Å². The Balaban J connectivity index is 1.63. The van der Waals surface area contributed by atoms with Gasteiger partial charge in [-0.3, -0.25) is 0 Å². The normalized spacial score (nSPS) is 43.0. The first-order valence-corrected chi connectivity index (χ1v) is 8.70. The lowest BCUT2D eigenvalue weighted by Crippen LogP contribution is -2.52. The Morgan fingerprint density at radius 3 is 2.78 bits per heavy atom. The number of rotatable bonds is 3. The highest BCUT2D eigenvalue weighted by molar-refractivity contribution is 8.00. The Hall–Kier alpha value is 0.270. The van der Waals surface area contributed by atoms with Gasteiger partial charge in [0.15, 0.2) is 0 Å². The van der Waals surface area contributed by atoms with Gasteiger partial charge in [-0.15, -0.1) is 0 Å². The Morgan fingerprint density at radius 2 is 2.11 bits per heavy atom. The summed E-state index contributed by atoms with van der Waals surface area (Å²) in [5, 5.41) is 3.84. The maximum atomic E-state index is 3.84. The van der Waals surface area contributed by atoms with Gasteiger partial charge in [-0.05, 0) is 70.7 Å². The van der Waals surface area contributed by atoms with E-state index in [2.05, 4.69) is 35.8 Å². The summed E-state index contributed by atoms with van der Waals surface area (Å²) in [7, 11) is 0. The standard InChI is InChI=1S/C15H28N2S/c1-14(7-3-10-18-14)11-17-9-4-8-16-15(2,12-17)13-5-6-13/h13,16H,3-12H2,1-2H3. The molecular formula is C15H28N2S. The maximum Gasteiger partial charge on any atom is 0.0308 e. The van der Waals surface area contributed by atoms with E-state index in [4.69, 9.17) is 0 Å². The van der Waals surface area contributed by atoms with Gasteiger partial charge in [-0.25, -0.2) is 0 Å². The minimum Gasteiger partial charge on any atom is -0.310 e. The van der Waals surface area contributed by atoms with Crippen LogP contribution in [0.1, 0.15) is 46.0 Å². The van der Waals surface area contributed by atoms with Crippen LogP contribution in [0.15, 0.2) is 0 Å². The molecule has 2 unspecified atom stereocenters. The number of hydrogen-bond donors (Lipinski definition) is 1. The molecule has 0 aromatic heterocycles. The summed E-state index contributed by atoms with van der Waals surface area (Å²) >= 11 is 2.21. The first-order chi connectivity index (χ1) is 8.60. The van der Waals surface area contributed by atoms with Crippen molar-refractivity contribution < 1.29 is 0 Å². The van der Waals surface area contributed by atoms with E-state index in [0.29, 0.717) is 10.3 Å². The Kier molecular flexibility index (Phi) is 3.68. The predicted molar refractivity (Wildman–Crippen MR) is 80.3 cm³/mol. The van der Waals surface area contributed by atoms with Crippen LogP contribution in [0.3, 0.4) is 0 Å². The minimum atomic E-state index is 0.399. The molecule has 3 rings (SSSR count). The van der Waals surface area contributed by atoms with Crippen molar-refractivity contribution in [3.8, 4) is 0 Å². The van der Waals surface area contributed by atoms with Crippen LogP contribution in [0.4, 0.5) is 0 Å². The van der Waals surface area contributed by atoms with Gasteiger partial charge in [-0.2, -0.15) is 11.8 Å². The van der Waals surface area contributed by atoms with E-state index in [9.17, 15) is 0 Å². The molecular weight excluding hydrogens is 240 g/mol. The largest absolute Gasteiger partial charge is 0.310 e. The van der Waals surface area contributed by atoms with E-state index in [1.807, 2.05) is 0 Å². The summed E-state index contributed by atoms with van der Waals surface area (Å²) < 4.78 is 0.537. The molecule has 2 atom stereocenters. The molecule has 1 aliphatic carbocycles. The van der Waals surface area contributed by atoms with Crippen molar-refractivity contribution in [2.24, 2.45) is 5.92 Å². The van der Waals surface area contributed by atoms with Crippen molar-refractivity contribution in [2.45, 2.75) is 56.2 Å². The smallest absolute Gasteiger partial charge is 0.0308 e. The van der Waals surface area contributed by atoms with E-state index in [1.54, 1.807) is 0 Å². The third-order valence-electron chi connectivity index (χ3n) is 5.07. The van der Waals surface area contributed by atoms with Crippen molar-refractivity contribution in [1.82, 2.24) is 10.2 Å². The molecule has 2 heterocycles. The van der Waals surface area contributed by atoms with Gasteiger partial charge in [0.2, 0.25) is 0 Å². The SMILES string of the molecule is CC1(CN2CCCNC(C)(C3CC3)C2)CCCS1. The molecule has 3 heteroatoms. The van der Waals surface area contributed by atoms with E-state index >= 15 is 0 Å². The monoisotopic (exact) mass is 268 g/mol. The van der Waals surface area contributed by atoms with E-state index in [1.165, 1.54) is 64.0 Å². The summed E-state index contributed by atoms with van der Waals surface area (Å²) in [5.74, 6) is 2.32. The zero-order chi connectivity index (χ0) is 12.6. The van der Waals surface area contributed by atoms with Crippen molar-refractivity contribution >= 4 is 11.8 Å². The summed E-state index contributed by atoms with van der Waals surface area (Å²) in [6.45, 7) is 10.0. The summed E-state index contributed by atoms with van der Waals surface area (Å²) in [6, 6.07) is 0. The van der Waals surface area contributed by atoms with Crippen molar-refractivity contribution in [3.05, 3.63) is 0 Å². The lowest BCUT2D eigenvalue weighted by molar-refractivity contribution is 0.188. The van der Waals surface area contributed by atoms with E-state index < -0.39 is 0 Å². The molecule has 18 heavy (non-hydrogen) atoms. The van der Waals surface area contributed by atoms with Crippen LogP contribution in [0.25, 0.3) is 0 Å². The van der Waals surface area contributed by atoms with Gasteiger partial charge < -0.3 is 10.2 Å². The van der Waals surface area contributed by atoms with Gasteiger partial charge in [0.25, 0.3) is 0 Å². The molecule has 0 aromatic rings. The quantitative estimate of drug-likeness (QED) is 0.847. The fraction of sp³-hybridized carbons (Fsp3) is 1.00. The van der Waals surface area contributed by atoms with Crippen LogP contribution in [-0.2, 0) is 0 Å². The average molecular weight is 268 g/mol. The fourth-order valence-corrected chi connectivity index (χ4v) is 5.18. The Labute approximate surface area is 116 Å². The lowest BCUT2D eigenvalue weighted by atomic mass is 9.94. The predicted octanol–water partition coefficient (Wildman–Crippen LogP) is 2.74. The molecule has 0 spiro atoms. The second kappa shape index (κ2) is 4.99. The first-order valence-electron chi connectivity index (χ1n) is 7.71. The van der Waals surface area contributed by atoms with Gasteiger partial charge in [0, 0.05) is 23.4 Å². The molecule has 1 saturated carbocycles. The Bertz CT molecular complexity index is 297. The Morgan fingerprint density at radius 1 is 1.28 bits per heavy atom. The third kappa shape index (κ3) is 2.88. The third-order valence-corrected chi connectivity index (χ3v) is 6.59. The van der Waals surface area contributed by atoms with Gasteiger partial charge >= 0.3 is 0 Å². The number of nitrogens with one attached hydrogen (secondary N) is 1. The molecule has 0 aromatic carbocycles. The van der Waals surface area contributed by atoms with Crippen LogP contribution in [-0.4, -0.2) is 47.1 Å². The average Bonchev–Trinajstić information content (AvgIpc) is 3.10. The van der Waals surface area contributed by atoms with Crippen LogP contribution >= 0.6 is 11.8 Å². The van der Waals surface area contributed by atoms with Crippen LogP contribution in [0, 0.1) is 5.92 Å². The number of thioether (sulfide) groups is 1. The summed E-state index contributed by atoms with van der Waals surface area (Å²) in [4.78, 5) is 2.76. The van der Waals surface area contributed by atoms with Gasteiger partial charge in [0.1, 0.15) is 0 Å². The summed E-state index contributed by atoms with van der Waals surface area (Å²) in [5.41, 5.74) is 0.399. The van der Waals surface area contributed by atoms with E-state index in [0.717, 1.165) is 5.92 Å². The first kappa shape index (κ1) is 13.3. The maximum absolute atomic E-state index is 3.84. The van der Waals surface area contributed by atoms with Gasteiger partial charge in [0.05, 0.1) is 0 Å². The van der Waals surface area contributed by atoms with Crippen LogP contribution in [0.2, 0.25) is 0 Å². The molecule has 2 saturated heterocycles. The highest BCUT2D eigenvalue weighted by atomic mass is 32.2. The molecule has 3 fully saturated rings. The second-order valence-corrected chi connectivity index (χ2v) is 8.77. The zero-order valence-corrected chi connectivity index (χ0v) is 12.8. The van der Waals surface area contributed by atoms with Crippen LogP contribution in [0.5, 0.6) is 0 Å². The molecule has 0 radical (unpaired) electrons. The van der Waals surface area contributed by atoms with Crippen LogP contribution < -0.4 is 5.32 Å². The topological polar surface area (TPSA) is 15.3 Å². The second-order valence-electron chi connectivity index (χ2n) is 7.08. The molecule has 0 bridgehead atoms. The highest BCUT2D eigenvalue weighted by Crippen LogP contribution is 2.42. The lowest BCUT2D eigenvalue weighted by Gasteiger charge is -2.37. The molecule has 2 nitrogen and oxygen atoms in total. The highest BCUT2D eigenvalue weighted by Gasteiger charge is 2.44. The minimum absolute atomic E-state index is 0.399. The fourth-order valence-electron chi connectivity index (χ4n) is 3.84. The molecule has 0 amide bonds. The van der Waals surface area contributed by atoms with Gasteiger partial charge in [-0.1, -0.05) is 0 Å².